The highest BCUT2D eigenvalue weighted by molar-refractivity contribution is 9.10. The fraction of sp³-hybridized carbons (Fsp3) is 0.300. The maximum Gasteiger partial charge on any atom is 0.405 e. The van der Waals surface area contributed by atoms with Crippen LogP contribution in [0.15, 0.2) is 28.7 Å². The lowest BCUT2D eigenvalue weighted by Crippen LogP contribution is -2.27. The molecule has 3 N–H and O–H groups in total. The average Bonchev–Trinajstić information content (AvgIpc) is 2.17. The van der Waals surface area contributed by atoms with E-state index in [2.05, 4.69) is 21.2 Å². The molecule has 0 heterocycles. The number of carbonyl (C=O) groups is 1. The fourth-order valence-corrected chi connectivity index (χ4v) is 1.56. The average molecular weight is 274 g/mol. The van der Waals surface area contributed by atoms with Gasteiger partial charge >= 0.3 is 6.09 Å². The van der Waals surface area contributed by atoms with Crippen molar-refractivity contribution in [2.75, 3.05) is 6.61 Å². The van der Waals surface area contributed by atoms with Crippen molar-refractivity contribution in [3.8, 4) is 0 Å². The van der Waals surface area contributed by atoms with Crippen LogP contribution in [0, 0.1) is 0 Å². The summed E-state index contributed by atoms with van der Waals surface area (Å²) in [5, 5.41) is 19.8. The normalized spacial score (nSPS) is 12.1. The summed E-state index contributed by atoms with van der Waals surface area (Å²) >= 11 is 3.30. The quantitative estimate of drug-likeness (QED) is 0.787. The van der Waals surface area contributed by atoms with Crippen LogP contribution in [0.5, 0.6) is 0 Å². The minimum absolute atomic E-state index is 0.0546. The first-order valence-electron chi connectivity index (χ1n) is 4.49. The van der Waals surface area contributed by atoms with Gasteiger partial charge in [0.2, 0.25) is 0 Å². The van der Waals surface area contributed by atoms with Gasteiger partial charge in [-0.1, -0.05) is 28.1 Å². The van der Waals surface area contributed by atoms with Crippen molar-refractivity contribution in [3.63, 3.8) is 0 Å². The molecule has 1 unspecified atom stereocenters. The van der Waals surface area contributed by atoms with Crippen molar-refractivity contribution in [2.24, 2.45) is 0 Å². The van der Waals surface area contributed by atoms with E-state index >= 15 is 0 Å². The molecule has 1 atom stereocenters. The smallest absolute Gasteiger partial charge is 0.405 e. The molecule has 1 amide bonds. The Morgan fingerprint density at radius 3 is 2.47 bits per heavy atom. The Kier molecular flexibility index (Phi) is 4.58. The van der Waals surface area contributed by atoms with Crippen molar-refractivity contribution >= 4 is 22.0 Å². The molecule has 0 aliphatic rings. The second kappa shape index (κ2) is 5.72. The van der Waals surface area contributed by atoms with Crippen LogP contribution >= 0.6 is 15.9 Å². The first kappa shape index (κ1) is 12.0. The number of hydrogen-bond donors (Lipinski definition) is 3. The van der Waals surface area contributed by atoms with E-state index in [-0.39, 0.29) is 12.6 Å². The molecule has 0 radical (unpaired) electrons. The lowest BCUT2D eigenvalue weighted by molar-refractivity contribution is 0.185. The predicted molar refractivity (Wildman–Crippen MR) is 59.7 cm³/mol. The molecular formula is C10H12BrNO3. The second-order valence-corrected chi connectivity index (χ2v) is 3.98. The van der Waals surface area contributed by atoms with Crippen molar-refractivity contribution in [2.45, 2.75) is 12.5 Å². The molecule has 5 heteroatoms. The molecule has 15 heavy (non-hydrogen) atoms. The number of aliphatic hydroxyl groups excluding tert-OH is 1. The Labute approximate surface area is 96.1 Å². The molecule has 0 aliphatic carbocycles. The standard InChI is InChI=1S/C10H12BrNO3/c11-8-3-1-7(2-4-8)9(5-6-13)12-10(14)15/h1-4,9,12-13H,5-6H2,(H,14,15). The largest absolute Gasteiger partial charge is 0.465 e. The molecule has 0 saturated carbocycles. The van der Waals surface area contributed by atoms with Gasteiger partial charge in [0, 0.05) is 11.1 Å². The molecule has 0 fully saturated rings. The van der Waals surface area contributed by atoms with Crippen LogP contribution in [0.25, 0.3) is 0 Å². The van der Waals surface area contributed by atoms with Gasteiger partial charge in [-0.3, -0.25) is 0 Å². The minimum Gasteiger partial charge on any atom is -0.465 e. The topological polar surface area (TPSA) is 69.6 Å². The summed E-state index contributed by atoms with van der Waals surface area (Å²) in [6.45, 7) is -0.0546. The highest BCUT2D eigenvalue weighted by Gasteiger charge is 2.12. The fourth-order valence-electron chi connectivity index (χ4n) is 1.30. The van der Waals surface area contributed by atoms with E-state index < -0.39 is 6.09 Å². The monoisotopic (exact) mass is 273 g/mol. The Bertz CT molecular complexity index is 326. The van der Waals surface area contributed by atoms with E-state index in [4.69, 9.17) is 10.2 Å². The van der Waals surface area contributed by atoms with Crippen LogP contribution in [-0.2, 0) is 0 Å². The minimum atomic E-state index is -1.09. The summed E-state index contributed by atoms with van der Waals surface area (Å²) in [5.74, 6) is 0. The van der Waals surface area contributed by atoms with Gasteiger partial charge in [0.05, 0.1) is 6.04 Å². The number of halogens is 1. The van der Waals surface area contributed by atoms with Crippen molar-refractivity contribution in [1.29, 1.82) is 0 Å². The van der Waals surface area contributed by atoms with Gasteiger partial charge in [0.25, 0.3) is 0 Å². The van der Waals surface area contributed by atoms with Crippen LogP contribution in [0.3, 0.4) is 0 Å². The highest BCUT2D eigenvalue weighted by atomic mass is 79.9. The third-order valence-corrected chi connectivity index (χ3v) is 2.52. The number of amides is 1. The van der Waals surface area contributed by atoms with Gasteiger partial charge in [-0.25, -0.2) is 4.79 Å². The molecule has 1 aromatic rings. The zero-order valence-electron chi connectivity index (χ0n) is 7.98. The van der Waals surface area contributed by atoms with E-state index in [0.29, 0.717) is 6.42 Å². The Balaban J connectivity index is 2.78. The first-order chi connectivity index (χ1) is 7.13. The van der Waals surface area contributed by atoms with E-state index in [0.717, 1.165) is 10.0 Å². The van der Waals surface area contributed by atoms with Gasteiger partial charge < -0.3 is 15.5 Å². The third-order valence-electron chi connectivity index (χ3n) is 1.99. The molecule has 0 saturated heterocycles. The Hall–Kier alpha value is -1.07. The zero-order chi connectivity index (χ0) is 11.3. The first-order valence-corrected chi connectivity index (χ1v) is 5.28. The third kappa shape index (κ3) is 3.89. The molecule has 0 aliphatic heterocycles. The molecule has 0 spiro atoms. The Morgan fingerprint density at radius 1 is 1.40 bits per heavy atom. The SMILES string of the molecule is O=C(O)NC(CCO)c1ccc(Br)cc1. The van der Waals surface area contributed by atoms with Gasteiger partial charge in [0.1, 0.15) is 0 Å². The van der Waals surface area contributed by atoms with Crippen molar-refractivity contribution in [3.05, 3.63) is 34.3 Å². The number of aliphatic hydroxyl groups is 1. The highest BCUT2D eigenvalue weighted by Crippen LogP contribution is 2.19. The van der Waals surface area contributed by atoms with Crippen LogP contribution in [-0.4, -0.2) is 22.9 Å². The van der Waals surface area contributed by atoms with E-state index in [1.807, 2.05) is 24.3 Å². The summed E-state index contributed by atoms with van der Waals surface area (Å²) in [4.78, 5) is 10.5. The van der Waals surface area contributed by atoms with E-state index in [1.54, 1.807) is 0 Å². The van der Waals surface area contributed by atoms with Gasteiger partial charge in [0.15, 0.2) is 0 Å². The summed E-state index contributed by atoms with van der Waals surface area (Å²) < 4.78 is 0.935. The van der Waals surface area contributed by atoms with Gasteiger partial charge in [-0.2, -0.15) is 0 Å². The lowest BCUT2D eigenvalue weighted by Gasteiger charge is -2.16. The van der Waals surface area contributed by atoms with E-state index in [9.17, 15) is 4.79 Å². The molecular weight excluding hydrogens is 262 g/mol. The van der Waals surface area contributed by atoms with Crippen LogP contribution < -0.4 is 5.32 Å². The zero-order valence-corrected chi connectivity index (χ0v) is 9.57. The molecule has 1 rings (SSSR count). The van der Waals surface area contributed by atoms with Gasteiger partial charge in [-0.15, -0.1) is 0 Å². The molecule has 1 aromatic carbocycles. The molecule has 0 aromatic heterocycles. The number of rotatable bonds is 4. The van der Waals surface area contributed by atoms with E-state index in [1.165, 1.54) is 0 Å². The maximum absolute atomic E-state index is 10.5. The van der Waals surface area contributed by atoms with Crippen LogP contribution in [0.4, 0.5) is 4.79 Å². The summed E-state index contributed by atoms with van der Waals surface area (Å²) in [7, 11) is 0. The van der Waals surface area contributed by atoms with Crippen LogP contribution in [0.2, 0.25) is 0 Å². The van der Waals surface area contributed by atoms with Gasteiger partial charge in [-0.05, 0) is 24.1 Å². The Morgan fingerprint density at radius 2 is 2.00 bits per heavy atom. The van der Waals surface area contributed by atoms with Crippen molar-refractivity contribution < 1.29 is 15.0 Å². The maximum atomic E-state index is 10.5. The predicted octanol–water partition coefficient (Wildman–Crippen LogP) is 2.14. The molecule has 82 valence electrons. The number of hydrogen-bond acceptors (Lipinski definition) is 2. The van der Waals surface area contributed by atoms with Crippen LogP contribution in [0.1, 0.15) is 18.0 Å². The second-order valence-electron chi connectivity index (χ2n) is 3.07. The summed E-state index contributed by atoms with van der Waals surface area (Å²) in [6, 6.07) is 6.95. The number of benzene rings is 1. The molecule has 4 nitrogen and oxygen atoms in total. The molecule has 0 bridgehead atoms. The lowest BCUT2D eigenvalue weighted by atomic mass is 10.0. The summed E-state index contributed by atoms with van der Waals surface area (Å²) in [5.41, 5.74) is 0.842. The van der Waals surface area contributed by atoms with Crippen molar-refractivity contribution in [1.82, 2.24) is 5.32 Å². The summed E-state index contributed by atoms with van der Waals surface area (Å²) in [6.07, 6.45) is -0.718. The number of carboxylic acid groups (broad SMARTS) is 1. The number of nitrogens with one attached hydrogen (secondary N) is 1.